The van der Waals surface area contributed by atoms with Crippen LogP contribution in [0, 0.1) is 13.7 Å². The van der Waals surface area contributed by atoms with E-state index in [9.17, 15) is 24.5 Å². The minimum absolute atomic E-state index is 0.0131. The summed E-state index contributed by atoms with van der Waals surface area (Å²) < 4.78 is 30.1. The van der Waals surface area contributed by atoms with E-state index in [0.29, 0.717) is 43.4 Å². The van der Waals surface area contributed by atoms with E-state index in [-0.39, 0.29) is 43.2 Å². The summed E-state index contributed by atoms with van der Waals surface area (Å²) in [7, 11) is 1.26. The number of hydrogen-bond donors (Lipinski definition) is 0. The lowest BCUT2D eigenvalue weighted by atomic mass is 9.95. The van der Waals surface area contributed by atoms with E-state index < -0.39 is 22.9 Å². The molecule has 1 aromatic heterocycles. The molecule has 13 nitrogen and oxygen atoms in total. The molecule has 15 heteroatoms. The van der Waals surface area contributed by atoms with Gasteiger partial charge in [0.2, 0.25) is 0 Å². The molecule has 0 fully saturated rings. The zero-order chi connectivity index (χ0) is 35.9. The molecular weight excluding hydrogens is 781 g/mol. The molecule has 0 saturated carbocycles. The summed E-state index contributed by atoms with van der Waals surface area (Å²) in [5, 5.41) is 11.1. The van der Waals surface area contributed by atoms with Crippen LogP contribution in [0.5, 0.6) is 17.2 Å². The van der Waals surface area contributed by atoms with Crippen molar-refractivity contribution >= 4 is 57.6 Å². The molecule has 0 spiro atoms. The van der Waals surface area contributed by atoms with Crippen LogP contribution in [0.2, 0.25) is 0 Å². The van der Waals surface area contributed by atoms with Gasteiger partial charge in [0.05, 0.1) is 50.7 Å². The average Bonchev–Trinajstić information content (AvgIpc) is 3.40. The van der Waals surface area contributed by atoms with E-state index in [1.54, 1.807) is 69.3 Å². The second kappa shape index (κ2) is 16.1. The fourth-order valence-electron chi connectivity index (χ4n) is 5.18. The molecule has 2 heterocycles. The smallest absolute Gasteiger partial charge is 0.343 e. The van der Waals surface area contributed by atoms with Gasteiger partial charge in [0, 0.05) is 12.1 Å². The van der Waals surface area contributed by atoms with Crippen LogP contribution in [0.4, 0.5) is 5.69 Å². The third kappa shape index (κ3) is 8.05. The first-order valence-electron chi connectivity index (χ1n) is 15.4. The largest absolute Gasteiger partial charge is 0.490 e. The number of nitrogens with zero attached hydrogens (tertiary/aromatic N) is 3. The number of esters is 2. The minimum atomic E-state index is -0.897. The zero-order valence-corrected chi connectivity index (χ0v) is 30.4. The predicted molar refractivity (Wildman–Crippen MR) is 192 cm³/mol. The minimum Gasteiger partial charge on any atom is -0.490 e. The van der Waals surface area contributed by atoms with E-state index in [1.807, 2.05) is 6.07 Å². The summed E-state index contributed by atoms with van der Waals surface area (Å²) in [5.41, 5.74) is 2.17. The van der Waals surface area contributed by atoms with Crippen molar-refractivity contribution in [3.05, 3.63) is 122 Å². The van der Waals surface area contributed by atoms with E-state index >= 15 is 0 Å². The molecule has 0 radical (unpaired) electrons. The molecule has 50 heavy (non-hydrogen) atoms. The molecule has 0 aliphatic carbocycles. The molecule has 5 rings (SSSR count). The quantitative estimate of drug-likeness (QED) is 0.0792. The Balaban J connectivity index is 1.52. The number of carbonyl (C=O) groups excluding carboxylic acids is 2. The van der Waals surface area contributed by atoms with Gasteiger partial charge in [-0.05, 0) is 90.4 Å². The van der Waals surface area contributed by atoms with Crippen molar-refractivity contribution in [1.29, 1.82) is 0 Å². The zero-order valence-electron chi connectivity index (χ0n) is 27.5. The number of carbonyl (C=O) groups is 2. The lowest BCUT2D eigenvalue weighted by molar-refractivity contribution is -0.384. The van der Waals surface area contributed by atoms with Gasteiger partial charge < -0.3 is 23.7 Å². The number of nitro groups is 1. The Kier molecular flexibility index (Phi) is 11.7. The van der Waals surface area contributed by atoms with Crippen molar-refractivity contribution in [2.45, 2.75) is 33.4 Å². The van der Waals surface area contributed by atoms with E-state index in [0.717, 1.165) is 9.13 Å². The van der Waals surface area contributed by atoms with Gasteiger partial charge in [-0.3, -0.25) is 19.5 Å². The van der Waals surface area contributed by atoms with Crippen molar-refractivity contribution in [2.24, 2.45) is 4.99 Å². The van der Waals surface area contributed by atoms with E-state index in [2.05, 4.69) is 32.3 Å². The Hall–Kier alpha value is -5.03. The number of nitro benzene ring substituents is 1. The Morgan fingerprint density at radius 1 is 1.02 bits per heavy atom. The van der Waals surface area contributed by atoms with Crippen LogP contribution in [0.25, 0.3) is 6.08 Å². The number of halogens is 1. The molecule has 0 bridgehead atoms. The molecule has 1 atom stereocenters. The number of aromatic nitrogens is 1. The standard InChI is InChI=1S/C35H32IN3O10S/c1-5-46-28-17-23(11-13-27(28)49-19-30(40)45-4)32-31(34(42)47-6-2)20(3)37-35-38(32)33(41)29(50-35)16-21-10-12-26(25(36)15-21)48-18-22-8-7-9-24(14-22)39(43)44/h7-17,32H,5-6,18-19H2,1-4H3/b29-16-/t32-/m0/s1. The van der Waals surface area contributed by atoms with Gasteiger partial charge >= 0.3 is 11.9 Å². The second-order valence-electron chi connectivity index (χ2n) is 10.7. The lowest BCUT2D eigenvalue weighted by Gasteiger charge is -2.25. The summed E-state index contributed by atoms with van der Waals surface area (Å²) >= 11 is 3.32. The third-order valence-electron chi connectivity index (χ3n) is 7.44. The fourth-order valence-corrected chi connectivity index (χ4v) is 6.92. The monoisotopic (exact) mass is 813 g/mol. The second-order valence-corrected chi connectivity index (χ2v) is 12.9. The average molecular weight is 814 g/mol. The van der Waals surface area contributed by atoms with Crippen LogP contribution in [-0.2, 0) is 25.7 Å². The van der Waals surface area contributed by atoms with Crippen LogP contribution < -0.4 is 29.1 Å². The number of ether oxygens (including phenoxy) is 5. The molecule has 3 aromatic carbocycles. The fraction of sp³-hybridized carbons (Fsp3) is 0.257. The van der Waals surface area contributed by atoms with Crippen molar-refractivity contribution in [2.75, 3.05) is 26.9 Å². The molecule has 0 N–H and O–H groups in total. The molecule has 1 aliphatic heterocycles. The molecule has 0 saturated heterocycles. The SMILES string of the molecule is CCOC(=O)C1=C(C)N=c2s/c(=C\c3ccc(OCc4cccc([N+](=O)[O-])c4)c(I)c3)c(=O)n2[C@H]1c1ccc(OCC(=O)OC)c(OCC)c1. The van der Waals surface area contributed by atoms with Gasteiger partial charge in [0.15, 0.2) is 22.9 Å². The highest BCUT2D eigenvalue weighted by molar-refractivity contribution is 14.1. The maximum atomic E-state index is 14.1. The van der Waals surface area contributed by atoms with Crippen molar-refractivity contribution in [1.82, 2.24) is 4.57 Å². The van der Waals surface area contributed by atoms with Crippen molar-refractivity contribution in [3.8, 4) is 17.2 Å². The molecule has 0 unspecified atom stereocenters. The van der Waals surface area contributed by atoms with Gasteiger partial charge in [-0.2, -0.15) is 0 Å². The number of benzene rings is 3. The number of methoxy groups -OCH3 is 1. The number of non-ortho nitro benzene ring substituents is 1. The highest BCUT2D eigenvalue weighted by Crippen LogP contribution is 2.36. The van der Waals surface area contributed by atoms with Crippen LogP contribution in [0.15, 0.2) is 81.7 Å². The maximum Gasteiger partial charge on any atom is 0.343 e. The maximum absolute atomic E-state index is 14.1. The van der Waals surface area contributed by atoms with Gasteiger partial charge in [-0.25, -0.2) is 14.6 Å². The van der Waals surface area contributed by atoms with Gasteiger partial charge in [0.1, 0.15) is 12.4 Å². The van der Waals surface area contributed by atoms with Gasteiger partial charge in [0.25, 0.3) is 11.2 Å². The number of fused-ring (bicyclic) bond motifs is 1. The first-order chi connectivity index (χ1) is 24.0. The number of allylic oxidation sites excluding steroid dienone is 1. The molecule has 1 aliphatic rings. The third-order valence-corrected chi connectivity index (χ3v) is 9.27. The summed E-state index contributed by atoms with van der Waals surface area (Å²) in [6.07, 6.45) is 1.74. The highest BCUT2D eigenvalue weighted by atomic mass is 127. The Morgan fingerprint density at radius 2 is 1.80 bits per heavy atom. The van der Waals surface area contributed by atoms with Crippen LogP contribution in [0.3, 0.4) is 0 Å². The first kappa shape index (κ1) is 36.3. The number of hydrogen-bond acceptors (Lipinski definition) is 12. The molecular formula is C35H32IN3O10S. The van der Waals surface area contributed by atoms with Crippen LogP contribution in [-0.4, -0.2) is 48.4 Å². The predicted octanol–water partition coefficient (Wildman–Crippen LogP) is 4.84. The lowest BCUT2D eigenvalue weighted by Crippen LogP contribution is -2.40. The first-order valence-corrected chi connectivity index (χ1v) is 17.3. The summed E-state index contributed by atoms with van der Waals surface area (Å²) in [4.78, 5) is 54.9. The Labute approximate surface area is 303 Å². The number of rotatable bonds is 13. The van der Waals surface area contributed by atoms with Crippen molar-refractivity contribution < 1.29 is 38.2 Å². The molecule has 4 aromatic rings. The molecule has 260 valence electrons. The van der Waals surface area contributed by atoms with Gasteiger partial charge in [-0.1, -0.05) is 35.6 Å². The molecule has 0 amide bonds. The summed E-state index contributed by atoms with van der Waals surface area (Å²) in [6, 6.07) is 15.8. The van der Waals surface area contributed by atoms with Crippen molar-refractivity contribution in [3.63, 3.8) is 0 Å². The normalized spacial score (nSPS) is 14.0. The van der Waals surface area contributed by atoms with Crippen LogP contribution >= 0.6 is 33.9 Å². The highest BCUT2D eigenvalue weighted by Gasteiger charge is 2.34. The Bertz CT molecular complexity index is 2180. The number of thiazole rings is 1. The summed E-state index contributed by atoms with van der Waals surface area (Å²) in [6.45, 7) is 5.42. The topological polar surface area (TPSA) is 158 Å². The van der Waals surface area contributed by atoms with Gasteiger partial charge in [-0.15, -0.1) is 0 Å². The van der Waals surface area contributed by atoms with E-state index in [1.165, 1.54) is 35.1 Å². The van der Waals surface area contributed by atoms with Crippen LogP contribution in [0.1, 0.15) is 43.5 Å². The summed E-state index contributed by atoms with van der Waals surface area (Å²) in [5.74, 6) is 0.0149. The Morgan fingerprint density at radius 3 is 2.50 bits per heavy atom. The van der Waals surface area contributed by atoms with E-state index in [4.69, 9.17) is 18.9 Å².